The van der Waals surface area contributed by atoms with Crippen molar-refractivity contribution < 1.29 is 9.59 Å². The van der Waals surface area contributed by atoms with Gasteiger partial charge in [-0.1, -0.05) is 23.7 Å². The van der Waals surface area contributed by atoms with Gasteiger partial charge in [0.1, 0.15) is 0 Å². The fraction of sp³-hybridized carbons (Fsp3) is 0.150. The van der Waals surface area contributed by atoms with Crippen molar-refractivity contribution in [1.29, 1.82) is 0 Å². The van der Waals surface area contributed by atoms with Crippen LogP contribution in [0.1, 0.15) is 23.2 Å². The summed E-state index contributed by atoms with van der Waals surface area (Å²) in [7, 11) is 0. The first kappa shape index (κ1) is 18.7. The molecular weight excluding hydrogens is 364 g/mol. The van der Waals surface area contributed by atoms with E-state index in [1.807, 2.05) is 35.0 Å². The van der Waals surface area contributed by atoms with Gasteiger partial charge in [0.25, 0.3) is 5.91 Å². The van der Waals surface area contributed by atoms with Gasteiger partial charge in [0, 0.05) is 35.9 Å². The molecule has 0 unspecified atom stereocenters. The molecule has 0 atom stereocenters. The summed E-state index contributed by atoms with van der Waals surface area (Å²) in [6.07, 6.45) is 6.02. The van der Waals surface area contributed by atoms with Crippen molar-refractivity contribution in [3.05, 3.63) is 77.8 Å². The molecule has 0 fully saturated rings. The number of nitrogens with zero attached hydrogens (tertiary/aromatic N) is 2. The maximum Gasteiger partial charge on any atom is 0.251 e. The highest BCUT2D eigenvalue weighted by atomic mass is 35.5. The Labute approximate surface area is 162 Å². The third kappa shape index (κ3) is 5.18. The maximum atomic E-state index is 12.2. The number of anilines is 1. The Morgan fingerprint density at radius 1 is 1.07 bits per heavy atom. The second-order valence-electron chi connectivity index (χ2n) is 5.90. The first-order valence-corrected chi connectivity index (χ1v) is 8.92. The molecule has 2 N–H and O–H groups in total. The minimum atomic E-state index is -0.183. The Morgan fingerprint density at radius 3 is 2.59 bits per heavy atom. The van der Waals surface area contributed by atoms with Crippen LogP contribution in [-0.2, 0) is 4.79 Å². The Hall–Kier alpha value is -3.12. The van der Waals surface area contributed by atoms with Crippen molar-refractivity contribution in [2.75, 3.05) is 11.9 Å². The van der Waals surface area contributed by atoms with Gasteiger partial charge in [-0.05, 0) is 42.8 Å². The fourth-order valence-corrected chi connectivity index (χ4v) is 2.70. The number of carbonyl (C=O) groups is 2. The first-order valence-electron chi connectivity index (χ1n) is 8.54. The van der Waals surface area contributed by atoms with Crippen molar-refractivity contribution in [1.82, 2.24) is 14.9 Å². The van der Waals surface area contributed by atoms with Crippen LogP contribution >= 0.6 is 11.6 Å². The molecular formula is C20H19ClN4O2. The molecule has 138 valence electrons. The van der Waals surface area contributed by atoms with Crippen LogP contribution in [0.5, 0.6) is 0 Å². The quantitative estimate of drug-likeness (QED) is 0.612. The van der Waals surface area contributed by atoms with Gasteiger partial charge in [0.05, 0.1) is 17.7 Å². The summed E-state index contributed by atoms with van der Waals surface area (Å²) in [5.41, 5.74) is 2.10. The topological polar surface area (TPSA) is 76.0 Å². The Balaban J connectivity index is 1.47. The number of hydrogen-bond acceptors (Lipinski definition) is 3. The summed E-state index contributed by atoms with van der Waals surface area (Å²) in [4.78, 5) is 28.3. The first-order chi connectivity index (χ1) is 13.1. The molecule has 0 aliphatic heterocycles. The van der Waals surface area contributed by atoms with E-state index in [2.05, 4.69) is 15.6 Å². The summed E-state index contributed by atoms with van der Waals surface area (Å²) in [5.74, 6) is -0.291. The number of nitrogens with one attached hydrogen (secondary N) is 2. The van der Waals surface area contributed by atoms with Crippen LogP contribution in [-0.4, -0.2) is 27.9 Å². The molecule has 2 aromatic carbocycles. The van der Waals surface area contributed by atoms with Crippen molar-refractivity contribution in [2.45, 2.75) is 12.8 Å². The van der Waals surface area contributed by atoms with Gasteiger partial charge in [0.2, 0.25) is 5.91 Å². The number of amides is 2. The Morgan fingerprint density at radius 2 is 1.85 bits per heavy atom. The predicted molar refractivity (Wildman–Crippen MR) is 105 cm³/mol. The van der Waals surface area contributed by atoms with E-state index in [0.717, 1.165) is 5.69 Å². The van der Waals surface area contributed by atoms with E-state index < -0.39 is 0 Å². The van der Waals surface area contributed by atoms with Crippen LogP contribution in [0.15, 0.2) is 67.3 Å². The van der Waals surface area contributed by atoms with E-state index in [1.54, 1.807) is 36.8 Å². The van der Waals surface area contributed by atoms with Crippen molar-refractivity contribution in [3.63, 3.8) is 0 Å². The minimum absolute atomic E-state index is 0.108. The largest absolute Gasteiger partial charge is 0.352 e. The summed E-state index contributed by atoms with van der Waals surface area (Å²) in [5, 5.41) is 6.29. The van der Waals surface area contributed by atoms with Crippen LogP contribution in [0.4, 0.5) is 5.69 Å². The number of rotatable bonds is 7. The average molecular weight is 383 g/mol. The average Bonchev–Trinajstić information content (AvgIpc) is 3.20. The summed E-state index contributed by atoms with van der Waals surface area (Å²) >= 11 is 5.81. The molecule has 27 heavy (non-hydrogen) atoms. The van der Waals surface area contributed by atoms with Crippen molar-refractivity contribution in [3.8, 4) is 5.69 Å². The van der Waals surface area contributed by atoms with Gasteiger partial charge >= 0.3 is 0 Å². The molecule has 0 radical (unpaired) electrons. The second-order valence-corrected chi connectivity index (χ2v) is 6.34. The zero-order valence-electron chi connectivity index (χ0n) is 14.6. The molecule has 0 bridgehead atoms. The van der Waals surface area contributed by atoms with Gasteiger partial charge in [0.15, 0.2) is 0 Å². The van der Waals surface area contributed by atoms with Gasteiger partial charge in [-0.2, -0.15) is 0 Å². The molecule has 0 saturated heterocycles. The highest BCUT2D eigenvalue weighted by molar-refractivity contribution is 6.30. The Bertz CT molecular complexity index is 908. The summed E-state index contributed by atoms with van der Waals surface area (Å²) in [6.45, 7) is 0.415. The third-order valence-corrected chi connectivity index (χ3v) is 4.19. The summed E-state index contributed by atoms with van der Waals surface area (Å²) in [6, 6.07) is 14.2. The summed E-state index contributed by atoms with van der Waals surface area (Å²) < 4.78 is 1.84. The number of hydrogen-bond donors (Lipinski definition) is 2. The molecule has 1 aromatic heterocycles. The van der Waals surface area contributed by atoms with E-state index in [9.17, 15) is 9.59 Å². The van der Waals surface area contributed by atoms with E-state index in [1.165, 1.54) is 0 Å². The molecule has 7 heteroatoms. The van der Waals surface area contributed by atoms with E-state index >= 15 is 0 Å². The fourth-order valence-electron chi connectivity index (χ4n) is 2.57. The molecule has 0 aliphatic rings. The number of aromatic nitrogens is 2. The van der Waals surface area contributed by atoms with E-state index in [-0.39, 0.29) is 11.8 Å². The zero-order valence-corrected chi connectivity index (χ0v) is 15.3. The smallest absolute Gasteiger partial charge is 0.251 e. The minimum Gasteiger partial charge on any atom is -0.352 e. The highest BCUT2D eigenvalue weighted by Gasteiger charge is 2.09. The lowest BCUT2D eigenvalue weighted by Crippen LogP contribution is -2.25. The number of benzene rings is 2. The highest BCUT2D eigenvalue weighted by Crippen LogP contribution is 2.19. The lowest BCUT2D eigenvalue weighted by molar-refractivity contribution is -0.116. The normalized spacial score (nSPS) is 10.4. The molecule has 0 saturated carbocycles. The lowest BCUT2D eigenvalue weighted by Gasteiger charge is -2.11. The monoisotopic (exact) mass is 382 g/mol. The van der Waals surface area contributed by atoms with Crippen LogP contribution in [0.2, 0.25) is 5.02 Å². The molecule has 6 nitrogen and oxygen atoms in total. The predicted octanol–water partition coefficient (Wildman–Crippen LogP) is 3.67. The van der Waals surface area contributed by atoms with Crippen LogP contribution in [0.3, 0.4) is 0 Å². The van der Waals surface area contributed by atoms with Gasteiger partial charge < -0.3 is 15.2 Å². The number of halogens is 1. The lowest BCUT2D eigenvalue weighted by atomic mass is 10.2. The van der Waals surface area contributed by atoms with Gasteiger partial charge in [-0.3, -0.25) is 9.59 Å². The zero-order chi connectivity index (χ0) is 19.1. The number of imidazole rings is 1. The number of carbonyl (C=O) groups excluding carboxylic acids is 2. The third-order valence-electron chi connectivity index (χ3n) is 3.93. The molecule has 3 aromatic rings. The van der Waals surface area contributed by atoms with Crippen molar-refractivity contribution >= 4 is 29.1 Å². The molecule has 3 rings (SSSR count). The van der Waals surface area contributed by atoms with Crippen LogP contribution in [0, 0.1) is 0 Å². The molecule has 2 amide bonds. The Kier molecular flexibility index (Phi) is 6.22. The maximum absolute atomic E-state index is 12.2. The van der Waals surface area contributed by atoms with E-state index in [0.29, 0.717) is 35.7 Å². The second kappa shape index (κ2) is 9.00. The van der Waals surface area contributed by atoms with E-state index in [4.69, 9.17) is 11.6 Å². The standard InChI is InChI=1S/C20H19ClN4O2/c21-16-9-7-15(8-10-16)20(27)23-11-3-6-19(26)24-17-4-1-2-5-18(17)25-13-12-22-14-25/h1-2,4-5,7-10,12-14H,3,6,11H2,(H,23,27)(H,24,26). The SMILES string of the molecule is O=C(CCCNC(=O)c1ccc(Cl)cc1)Nc1ccccc1-n1ccnc1. The molecule has 1 heterocycles. The van der Waals surface area contributed by atoms with Gasteiger partial charge in [-0.15, -0.1) is 0 Å². The van der Waals surface area contributed by atoms with Crippen LogP contribution < -0.4 is 10.6 Å². The molecule has 0 spiro atoms. The number of para-hydroxylation sites is 2. The van der Waals surface area contributed by atoms with Crippen LogP contribution in [0.25, 0.3) is 5.69 Å². The molecule has 0 aliphatic carbocycles. The van der Waals surface area contributed by atoms with Crippen molar-refractivity contribution in [2.24, 2.45) is 0 Å². The van der Waals surface area contributed by atoms with Gasteiger partial charge in [-0.25, -0.2) is 4.98 Å².